The average Bonchev–Trinajstić information content (AvgIpc) is 2.53. The third-order valence-corrected chi connectivity index (χ3v) is 2.94. The van der Waals surface area contributed by atoms with E-state index in [4.69, 9.17) is 5.73 Å². The van der Waals surface area contributed by atoms with Crippen LogP contribution in [0, 0.1) is 11.6 Å². The number of amides is 2. The van der Waals surface area contributed by atoms with Crippen LogP contribution in [-0.2, 0) is 9.53 Å². The summed E-state index contributed by atoms with van der Waals surface area (Å²) in [5.41, 5.74) is 5.23. The zero-order valence-corrected chi connectivity index (χ0v) is 12.2. The van der Waals surface area contributed by atoms with Crippen molar-refractivity contribution < 1.29 is 27.9 Å². The summed E-state index contributed by atoms with van der Waals surface area (Å²) >= 11 is 0. The molecule has 2 aromatic rings. The second-order valence-electron chi connectivity index (χ2n) is 4.69. The van der Waals surface area contributed by atoms with Gasteiger partial charge in [-0.2, -0.15) is 0 Å². The summed E-state index contributed by atoms with van der Waals surface area (Å²) < 4.78 is 30.8. The first-order valence-corrected chi connectivity index (χ1v) is 6.68. The van der Waals surface area contributed by atoms with Crippen LogP contribution in [0.4, 0.5) is 14.5 Å². The number of ether oxygens (including phenoxy) is 1. The lowest BCUT2D eigenvalue weighted by molar-refractivity contribution is -0.119. The molecule has 0 saturated carbocycles. The van der Waals surface area contributed by atoms with Crippen LogP contribution >= 0.6 is 0 Å². The van der Waals surface area contributed by atoms with Crippen molar-refractivity contribution in [1.29, 1.82) is 0 Å². The molecular formula is C16H12F2N2O4. The minimum Gasteiger partial charge on any atom is -0.452 e. The number of esters is 1. The summed E-state index contributed by atoms with van der Waals surface area (Å²) in [5.74, 6) is -4.28. The van der Waals surface area contributed by atoms with Crippen molar-refractivity contribution in [3.8, 4) is 0 Å². The van der Waals surface area contributed by atoms with E-state index in [0.717, 1.165) is 12.1 Å². The maximum atomic E-state index is 13.4. The van der Waals surface area contributed by atoms with Crippen molar-refractivity contribution in [3.05, 3.63) is 65.2 Å². The molecular weight excluding hydrogens is 322 g/mol. The van der Waals surface area contributed by atoms with Gasteiger partial charge in [0.15, 0.2) is 6.61 Å². The van der Waals surface area contributed by atoms with Gasteiger partial charge in [-0.3, -0.25) is 9.59 Å². The first-order chi connectivity index (χ1) is 11.4. The van der Waals surface area contributed by atoms with Gasteiger partial charge in [-0.15, -0.1) is 0 Å². The SMILES string of the molecule is NC(=O)c1ccc(NC(=O)COC(=O)c2ccc(F)cc2F)cc1. The van der Waals surface area contributed by atoms with Crippen molar-refractivity contribution in [2.45, 2.75) is 0 Å². The molecule has 0 radical (unpaired) electrons. The number of benzene rings is 2. The molecule has 0 aliphatic carbocycles. The molecule has 0 atom stereocenters. The minimum atomic E-state index is -1.09. The predicted molar refractivity (Wildman–Crippen MR) is 80.2 cm³/mol. The van der Waals surface area contributed by atoms with Crippen molar-refractivity contribution >= 4 is 23.5 Å². The van der Waals surface area contributed by atoms with Gasteiger partial charge in [0.25, 0.3) is 5.91 Å². The molecule has 0 fully saturated rings. The summed E-state index contributed by atoms with van der Waals surface area (Å²) in [6, 6.07) is 8.08. The third kappa shape index (κ3) is 4.35. The van der Waals surface area contributed by atoms with Crippen molar-refractivity contribution in [2.24, 2.45) is 5.73 Å². The van der Waals surface area contributed by atoms with Crippen LogP contribution in [0.1, 0.15) is 20.7 Å². The van der Waals surface area contributed by atoms with Crippen LogP contribution in [0.5, 0.6) is 0 Å². The third-order valence-electron chi connectivity index (χ3n) is 2.94. The number of nitrogens with one attached hydrogen (secondary N) is 1. The van der Waals surface area contributed by atoms with Crippen LogP contribution in [0.3, 0.4) is 0 Å². The van der Waals surface area contributed by atoms with Gasteiger partial charge in [-0.25, -0.2) is 13.6 Å². The number of carbonyl (C=O) groups is 3. The molecule has 8 heteroatoms. The minimum absolute atomic E-state index is 0.270. The van der Waals surface area contributed by atoms with E-state index in [1.807, 2.05) is 0 Å². The molecule has 0 spiro atoms. The van der Waals surface area contributed by atoms with Gasteiger partial charge in [-0.05, 0) is 36.4 Å². The number of carbonyl (C=O) groups excluding carboxylic acids is 3. The lowest BCUT2D eigenvalue weighted by atomic mass is 10.2. The van der Waals surface area contributed by atoms with Crippen LogP contribution in [0.15, 0.2) is 42.5 Å². The fourth-order valence-electron chi connectivity index (χ4n) is 1.78. The summed E-state index contributed by atoms with van der Waals surface area (Å²) in [4.78, 5) is 34.2. The molecule has 0 heterocycles. The molecule has 124 valence electrons. The highest BCUT2D eigenvalue weighted by molar-refractivity contribution is 5.96. The summed E-state index contributed by atoms with van der Waals surface area (Å²) in [7, 11) is 0. The van der Waals surface area contributed by atoms with E-state index >= 15 is 0 Å². The molecule has 0 aliphatic rings. The number of halogens is 2. The standard InChI is InChI=1S/C16H12F2N2O4/c17-10-3-6-12(13(18)7-10)16(23)24-8-14(21)20-11-4-1-9(2-5-11)15(19)22/h1-7H,8H2,(H2,19,22)(H,20,21). The number of hydrogen-bond donors (Lipinski definition) is 2. The fourth-order valence-corrected chi connectivity index (χ4v) is 1.78. The summed E-state index contributed by atoms with van der Waals surface area (Å²) in [6.45, 7) is -0.660. The molecule has 6 nitrogen and oxygen atoms in total. The molecule has 3 N–H and O–H groups in total. The highest BCUT2D eigenvalue weighted by Crippen LogP contribution is 2.12. The molecule has 0 bridgehead atoms. The largest absolute Gasteiger partial charge is 0.452 e. The van der Waals surface area contributed by atoms with E-state index in [-0.39, 0.29) is 5.56 Å². The van der Waals surface area contributed by atoms with Gasteiger partial charge in [-0.1, -0.05) is 0 Å². The van der Waals surface area contributed by atoms with Crippen molar-refractivity contribution in [2.75, 3.05) is 11.9 Å². The number of primary amides is 1. The molecule has 24 heavy (non-hydrogen) atoms. The molecule has 0 aromatic heterocycles. The zero-order valence-electron chi connectivity index (χ0n) is 12.2. The normalized spacial score (nSPS) is 10.1. The lowest BCUT2D eigenvalue weighted by Gasteiger charge is -2.07. The van der Waals surface area contributed by atoms with E-state index in [0.29, 0.717) is 11.8 Å². The first kappa shape index (κ1) is 17.1. The Kier molecular flexibility index (Phi) is 5.20. The van der Waals surface area contributed by atoms with Gasteiger partial charge < -0.3 is 15.8 Å². The van der Waals surface area contributed by atoms with Gasteiger partial charge >= 0.3 is 5.97 Å². The Morgan fingerprint density at radius 2 is 1.71 bits per heavy atom. The fraction of sp³-hybridized carbons (Fsp3) is 0.0625. The Bertz CT molecular complexity index is 791. The quantitative estimate of drug-likeness (QED) is 0.815. The summed E-state index contributed by atoms with van der Waals surface area (Å²) in [6.07, 6.45) is 0. The highest BCUT2D eigenvalue weighted by Gasteiger charge is 2.15. The van der Waals surface area contributed by atoms with Crippen molar-refractivity contribution in [3.63, 3.8) is 0 Å². The van der Waals surface area contributed by atoms with E-state index < -0.39 is 41.6 Å². The Balaban J connectivity index is 1.90. The lowest BCUT2D eigenvalue weighted by Crippen LogP contribution is -2.21. The van der Waals surface area contributed by atoms with E-state index in [1.54, 1.807) is 0 Å². The zero-order chi connectivity index (χ0) is 17.7. The monoisotopic (exact) mass is 334 g/mol. The predicted octanol–water partition coefficient (Wildman–Crippen LogP) is 1.86. The van der Waals surface area contributed by atoms with Gasteiger partial charge in [0.1, 0.15) is 11.6 Å². The molecule has 2 aromatic carbocycles. The number of nitrogens with two attached hydrogens (primary N) is 1. The first-order valence-electron chi connectivity index (χ1n) is 6.68. The van der Waals surface area contributed by atoms with Crippen LogP contribution < -0.4 is 11.1 Å². The Morgan fingerprint density at radius 1 is 1.04 bits per heavy atom. The van der Waals surface area contributed by atoms with Crippen molar-refractivity contribution in [1.82, 2.24) is 0 Å². The van der Waals surface area contributed by atoms with E-state index in [9.17, 15) is 23.2 Å². The highest BCUT2D eigenvalue weighted by atomic mass is 19.1. The van der Waals surface area contributed by atoms with E-state index in [2.05, 4.69) is 10.1 Å². The van der Waals surface area contributed by atoms with Gasteiger partial charge in [0.2, 0.25) is 5.91 Å². The van der Waals surface area contributed by atoms with Gasteiger partial charge in [0.05, 0.1) is 5.56 Å². The number of anilines is 1. The second kappa shape index (κ2) is 7.32. The van der Waals surface area contributed by atoms with E-state index in [1.165, 1.54) is 24.3 Å². The maximum Gasteiger partial charge on any atom is 0.341 e. The van der Waals surface area contributed by atoms with Crippen LogP contribution in [-0.4, -0.2) is 24.4 Å². The molecule has 0 aliphatic heterocycles. The number of rotatable bonds is 5. The molecule has 0 unspecified atom stereocenters. The van der Waals surface area contributed by atoms with Crippen LogP contribution in [0.25, 0.3) is 0 Å². The molecule has 0 saturated heterocycles. The topological polar surface area (TPSA) is 98.5 Å². The second-order valence-corrected chi connectivity index (χ2v) is 4.69. The Labute approximate surface area is 135 Å². The Morgan fingerprint density at radius 3 is 2.29 bits per heavy atom. The van der Waals surface area contributed by atoms with Crippen LogP contribution in [0.2, 0.25) is 0 Å². The number of hydrogen-bond acceptors (Lipinski definition) is 4. The smallest absolute Gasteiger partial charge is 0.341 e. The molecule has 2 rings (SSSR count). The molecule has 2 amide bonds. The maximum absolute atomic E-state index is 13.4. The Hall–Kier alpha value is -3.29. The van der Waals surface area contributed by atoms with Gasteiger partial charge in [0, 0.05) is 17.3 Å². The average molecular weight is 334 g/mol. The summed E-state index contributed by atoms with van der Waals surface area (Å²) in [5, 5.41) is 2.42.